The molecule has 178 valence electrons. The summed E-state index contributed by atoms with van der Waals surface area (Å²) in [7, 11) is 3.93. The number of fused-ring (bicyclic) bond motifs is 1. The topological polar surface area (TPSA) is 75.4 Å². The number of hydrogen-bond acceptors (Lipinski definition) is 5. The molecule has 0 fully saturated rings. The van der Waals surface area contributed by atoms with Crippen molar-refractivity contribution in [1.82, 2.24) is 29.8 Å². The van der Waals surface area contributed by atoms with E-state index in [9.17, 15) is 18.0 Å². The number of likely N-dealkylation sites (N-methyl/N-ethyl adjacent to an activating group) is 1. The highest BCUT2D eigenvalue weighted by Crippen LogP contribution is 2.27. The molecule has 3 rings (SSSR count). The summed E-state index contributed by atoms with van der Waals surface area (Å²) in [6.45, 7) is 5.91. The molecular weight excluding hydrogens is 433 g/mol. The Kier molecular flexibility index (Phi) is 7.36. The fourth-order valence-corrected chi connectivity index (χ4v) is 3.80. The molecule has 0 aliphatic carbocycles. The number of carbonyl (C=O) groups excluding carboxylic acids is 1. The summed E-state index contributed by atoms with van der Waals surface area (Å²) in [5, 5.41) is 6.53. The van der Waals surface area contributed by atoms with Crippen LogP contribution in [0, 0.1) is 13.8 Å². The van der Waals surface area contributed by atoms with E-state index in [1.165, 1.54) is 5.56 Å². The van der Waals surface area contributed by atoms with E-state index in [2.05, 4.69) is 56.5 Å². The normalized spacial score (nSPS) is 13.0. The molecule has 1 atom stereocenters. The van der Waals surface area contributed by atoms with Gasteiger partial charge in [-0.25, -0.2) is 9.50 Å². The van der Waals surface area contributed by atoms with Gasteiger partial charge in [-0.05, 0) is 57.5 Å². The van der Waals surface area contributed by atoms with Crippen molar-refractivity contribution in [2.45, 2.75) is 52.3 Å². The standard InChI is InChI=1S/C23H29F3N6O/c1-6-16-7-9-17(10-8-16)19(31(4)5)13-27-20(33)12-11-18-14(2)28-22-29-21(23(24,25)26)30-32(22)15(18)3/h7-10,19H,6,11-13H2,1-5H3,(H,27,33). The van der Waals surface area contributed by atoms with Crippen LogP contribution in [-0.2, 0) is 23.8 Å². The van der Waals surface area contributed by atoms with Crippen LogP contribution < -0.4 is 5.32 Å². The summed E-state index contributed by atoms with van der Waals surface area (Å²) in [5.74, 6) is -1.47. The van der Waals surface area contributed by atoms with Crippen LogP contribution in [0.1, 0.15) is 53.3 Å². The highest BCUT2D eigenvalue weighted by atomic mass is 19.4. The van der Waals surface area contributed by atoms with Crippen LogP contribution in [0.5, 0.6) is 0 Å². The zero-order chi connectivity index (χ0) is 24.3. The van der Waals surface area contributed by atoms with Gasteiger partial charge in [-0.1, -0.05) is 31.2 Å². The maximum Gasteiger partial charge on any atom is 0.453 e. The number of halogens is 3. The Morgan fingerprint density at radius 1 is 1.15 bits per heavy atom. The molecule has 1 aromatic carbocycles. The first-order chi connectivity index (χ1) is 15.5. The fraction of sp³-hybridized carbons (Fsp3) is 0.478. The lowest BCUT2D eigenvalue weighted by Crippen LogP contribution is -2.34. The van der Waals surface area contributed by atoms with Gasteiger partial charge in [0.25, 0.3) is 11.6 Å². The van der Waals surface area contributed by atoms with Crippen LogP contribution in [0.15, 0.2) is 24.3 Å². The molecule has 1 amide bonds. The Balaban J connectivity index is 1.67. The summed E-state index contributed by atoms with van der Waals surface area (Å²) in [4.78, 5) is 22.2. The van der Waals surface area contributed by atoms with Crippen LogP contribution in [0.2, 0.25) is 0 Å². The highest BCUT2D eigenvalue weighted by molar-refractivity contribution is 5.76. The van der Waals surface area contributed by atoms with E-state index in [1.807, 2.05) is 14.1 Å². The molecule has 0 radical (unpaired) electrons. The smallest absolute Gasteiger partial charge is 0.354 e. The predicted molar refractivity (Wildman–Crippen MR) is 119 cm³/mol. The second-order valence-electron chi connectivity index (χ2n) is 8.28. The lowest BCUT2D eigenvalue weighted by Gasteiger charge is -2.25. The first-order valence-corrected chi connectivity index (χ1v) is 10.8. The van der Waals surface area contributed by atoms with Crippen molar-refractivity contribution in [3.8, 4) is 0 Å². The third kappa shape index (κ3) is 5.68. The number of nitrogens with zero attached hydrogens (tertiary/aromatic N) is 5. The summed E-state index contributed by atoms with van der Waals surface area (Å²) in [6, 6.07) is 8.37. The van der Waals surface area contributed by atoms with Crippen molar-refractivity contribution in [3.05, 3.63) is 58.2 Å². The Morgan fingerprint density at radius 2 is 1.82 bits per heavy atom. The molecule has 0 spiro atoms. The van der Waals surface area contributed by atoms with Crippen molar-refractivity contribution >= 4 is 11.7 Å². The zero-order valence-corrected chi connectivity index (χ0v) is 19.5. The Hall–Kier alpha value is -3.01. The van der Waals surface area contributed by atoms with Gasteiger partial charge in [0.05, 0.1) is 6.04 Å². The molecule has 0 saturated heterocycles. The van der Waals surface area contributed by atoms with E-state index in [4.69, 9.17) is 0 Å². The van der Waals surface area contributed by atoms with Gasteiger partial charge in [-0.2, -0.15) is 18.2 Å². The predicted octanol–water partition coefficient (Wildman–Crippen LogP) is 3.67. The van der Waals surface area contributed by atoms with E-state index >= 15 is 0 Å². The van der Waals surface area contributed by atoms with Crippen LogP contribution in [-0.4, -0.2) is 51.0 Å². The van der Waals surface area contributed by atoms with E-state index in [-0.39, 0.29) is 24.1 Å². The summed E-state index contributed by atoms with van der Waals surface area (Å²) < 4.78 is 40.0. The van der Waals surface area contributed by atoms with Crippen LogP contribution in [0.4, 0.5) is 13.2 Å². The first-order valence-electron chi connectivity index (χ1n) is 10.8. The quantitative estimate of drug-likeness (QED) is 0.553. The minimum Gasteiger partial charge on any atom is -0.354 e. The Bertz CT molecular complexity index is 1120. The molecule has 0 saturated carbocycles. The molecule has 3 aromatic rings. The molecule has 10 heteroatoms. The van der Waals surface area contributed by atoms with Gasteiger partial charge < -0.3 is 10.2 Å². The van der Waals surface area contributed by atoms with E-state index < -0.39 is 12.0 Å². The van der Waals surface area contributed by atoms with Crippen LogP contribution in [0.3, 0.4) is 0 Å². The van der Waals surface area contributed by atoms with Crippen molar-refractivity contribution in [2.24, 2.45) is 0 Å². The molecule has 2 heterocycles. The van der Waals surface area contributed by atoms with E-state index in [1.54, 1.807) is 13.8 Å². The van der Waals surface area contributed by atoms with E-state index in [0.29, 0.717) is 29.9 Å². The minimum absolute atomic E-state index is 0.0253. The van der Waals surface area contributed by atoms with Crippen molar-refractivity contribution in [3.63, 3.8) is 0 Å². The van der Waals surface area contributed by atoms with Gasteiger partial charge in [0.15, 0.2) is 0 Å². The molecule has 1 unspecified atom stereocenters. The molecule has 0 bridgehead atoms. The molecular formula is C23H29F3N6O. The SMILES string of the molecule is CCc1ccc(C(CNC(=O)CCc2c(C)nc3nc(C(F)(F)F)nn3c2C)N(C)C)cc1. The third-order valence-electron chi connectivity index (χ3n) is 5.79. The average Bonchev–Trinajstić information content (AvgIpc) is 3.18. The number of carbonyl (C=O) groups is 1. The monoisotopic (exact) mass is 462 g/mol. The van der Waals surface area contributed by atoms with Crippen molar-refractivity contribution < 1.29 is 18.0 Å². The second kappa shape index (κ2) is 9.86. The van der Waals surface area contributed by atoms with Gasteiger partial charge >= 0.3 is 6.18 Å². The van der Waals surface area contributed by atoms with Gasteiger partial charge in [0.2, 0.25) is 5.91 Å². The molecule has 1 N–H and O–H groups in total. The van der Waals surface area contributed by atoms with Gasteiger partial charge in [0.1, 0.15) is 0 Å². The third-order valence-corrected chi connectivity index (χ3v) is 5.79. The van der Waals surface area contributed by atoms with E-state index in [0.717, 1.165) is 16.5 Å². The second-order valence-corrected chi connectivity index (χ2v) is 8.28. The van der Waals surface area contributed by atoms with Crippen LogP contribution in [0.25, 0.3) is 5.78 Å². The maximum absolute atomic E-state index is 13.0. The molecule has 0 aliphatic rings. The number of hydrogen-bond donors (Lipinski definition) is 1. The van der Waals surface area contributed by atoms with Crippen molar-refractivity contribution in [2.75, 3.05) is 20.6 Å². The average molecular weight is 463 g/mol. The summed E-state index contributed by atoms with van der Waals surface area (Å²) in [6.07, 6.45) is -3.15. The Morgan fingerprint density at radius 3 is 2.39 bits per heavy atom. The number of rotatable bonds is 8. The molecule has 2 aromatic heterocycles. The zero-order valence-electron chi connectivity index (χ0n) is 19.5. The fourth-order valence-electron chi connectivity index (χ4n) is 3.80. The minimum atomic E-state index is -4.64. The number of nitrogens with one attached hydrogen (secondary N) is 1. The maximum atomic E-state index is 13.0. The van der Waals surface area contributed by atoms with Gasteiger partial charge in [-0.15, -0.1) is 5.10 Å². The molecule has 7 nitrogen and oxygen atoms in total. The lowest BCUT2D eigenvalue weighted by atomic mass is 10.0. The largest absolute Gasteiger partial charge is 0.453 e. The van der Waals surface area contributed by atoms with Gasteiger partial charge in [-0.3, -0.25) is 4.79 Å². The Labute approximate surface area is 191 Å². The number of benzene rings is 1. The van der Waals surface area contributed by atoms with Crippen molar-refractivity contribution in [1.29, 1.82) is 0 Å². The summed E-state index contributed by atoms with van der Waals surface area (Å²) >= 11 is 0. The number of aromatic nitrogens is 4. The number of amides is 1. The van der Waals surface area contributed by atoms with Gasteiger partial charge in [0, 0.05) is 24.4 Å². The molecule has 33 heavy (non-hydrogen) atoms. The molecule has 0 aliphatic heterocycles. The number of aryl methyl sites for hydroxylation is 3. The number of alkyl halides is 3. The summed E-state index contributed by atoms with van der Waals surface area (Å²) in [5.41, 5.74) is 4.10. The first kappa shape index (κ1) is 24.6. The lowest BCUT2D eigenvalue weighted by molar-refractivity contribution is -0.144. The van der Waals surface area contributed by atoms with Crippen LogP contribution >= 0.6 is 0 Å². The highest BCUT2D eigenvalue weighted by Gasteiger charge is 2.37.